The van der Waals surface area contributed by atoms with Gasteiger partial charge in [0, 0.05) is 12.7 Å². The number of aromatic nitrogens is 1. The molecule has 0 bridgehead atoms. The van der Waals surface area contributed by atoms with E-state index in [1.165, 1.54) is 11.8 Å². The molecule has 96 valence electrons. The van der Waals surface area contributed by atoms with Crippen LogP contribution in [0.25, 0.3) is 0 Å². The Hall–Kier alpha value is -2.54. The van der Waals surface area contributed by atoms with E-state index in [1.807, 2.05) is 24.3 Å². The molecule has 0 aliphatic rings. The van der Waals surface area contributed by atoms with Crippen LogP contribution in [0.3, 0.4) is 0 Å². The first-order valence-corrected chi connectivity index (χ1v) is 6.15. The first kappa shape index (κ1) is 12.9. The normalized spacial score (nSPS) is 11.6. The molecule has 0 amide bonds. The Labute approximate surface area is 112 Å². The fourth-order valence-electron chi connectivity index (χ4n) is 1.84. The molecule has 0 saturated heterocycles. The van der Waals surface area contributed by atoms with Gasteiger partial charge in [0.1, 0.15) is 11.9 Å². The number of nitrogens with one attached hydrogen (secondary N) is 1. The Morgan fingerprint density at radius 2 is 2.11 bits per heavy atom. The Bertz CT molecular complexity index is 587. The number of hydrogen-bond acceptors (Lipinski definition) is 4. The predicted octanol–water partition coefficient (Wildman–Crippen LogP) is 2.75. The maximum absolute atomic E-state index is 8.75. The van der Waals surface area contributed by atoms with Crippen molar-refractivity contribution in [2.45, 2.75) is 12.8 Å². The molecular weight excluding hydrogens is 236 g/mol. The molecule has 2 aromatic rings. The molecular formula is C15H16N4. The minimum absolute atomic E-state index is 0.359. The lowest BCUT2D eigenvalue weighted by atomic mass is 10.0. The molecule has 0 spiro atoms. The summed E-state index contributed by atoms with van der Waals surface area (Å²) in [6.07, 6.45) is 1.52. The van der Waals surface area contributed by atoms with E-state index in [0.29, 0.717) is 23.0 Å². The largest absolute Gasteiger partial charge is 0.396 e. The highest BCUT2D eigenvalue weighted by atomic mass is 15.0. The number of pyridine rings is 1. The van der Waals surface area contributed by atoms with E-state index in [9.17, 15) is 0 Å². The summed E-state index contributed by atoms with van der Waals surface area (Å²) < 4.78 is 0. The summed E-state index contributed by atoms with van der Waals surface area (Å²) in [5.74, 6) is 0.986. The van der Waals surface area contributed by atoms with Gasteiger partial charge in [-0.3, -0.25) is 0 Å². The Morgan fingerprint density at radius 3 is 2.74 bits per heavy atom. The predicted molar refractivity (Wildman–Crippen MR) is 76.7 cm³/mol. The number of nitrogens with two attached hydrogens (primary N) is 1. The van der Waals surface area contributed by atoms with Gasteiger partial charge in [-0.05, 0) is 17.5 Å². The fraction of sp³-hybridized carbons (Fsp3) is 0.200. The minimum Gasteiger partial charge on any atom is -0.396 e. The number of nitrogens with zero attached hydrogens (tertiary/aromatic N) is 2. The van der Waals surface area contributed by atoms with Crippen molar-refractivity contribution in [3.8, 4) is 6.07 Å². The van der Waals surface area contributed by atoms with Crippen LogP contribution in [-0.4, -0.2) is 11.5 Å². The van der Waals surface area contributed by atoms with Crippen molar-refractivity contribution in [1.82, 2.24) is 4.98 Å². The van der Waals surface area contributed by atoms with Crippen molar-refractivity contribution in [1.29, 1.82) is 5.26 Å². The summed E-state index contributed by atoms with van der Waals surface area (Å²) in [5.41, 5.74) is 8.08. The van der Waals surface area contributed by atoms with Gasteiger partial charge in [-0.15, -0.1) is 0 Å². The van der Waals surface area contributed by atoms with Gasteiger partial charge in [-0.25, -0.2) is 4.98 Å². The van der Waals surface area contributed by atoms with Crippen molar-refractivity contribution < 1.29 is 0 Å². The Morgan fingerprint density at radius 1 is 1.37 bits per heavy atom. The summed E-state index contributed by atoms with van der Waals surface area (Å²) in [5, 5.41) is 12.0. The maximum Gasteiger partial charge on any atom is 0.149 e. The number of anilines is 2. The molecule has 19 heavy (non-hydrogen) atoms. The minimum atomic E-state index is 0.359. The topological polar surface area (TPSA) is 74.7 Å². The Kier molecular flexibility index (Phi) is 3.99. The fourth-order valence-corrected chi connectivity index (χ4v) is 1.84. The van der Waals surface area contributed by atoms with Crippen LogP contribution in [-0.2, 0) is 0 Å². The number of hydrogen-bond donors (Lipinski definition) is 2. The highest BCUT2D eigenvalue weighted by Gasteiger charge is 2.07. The molecule has 1 aromatic heterocycles. The van der Waals surface area contributed by atoms with Crippen molar-refractivity contribution >= 4 is 11.5 Å². The van der Waals surface area contributed by atoms with E-state index in [2.05, 4.69) is 29.4 Å². The van der Waals surface area contributed by atoms with E-state index in [0.717, 1.165) is 6.54 Å². The summed E-state index contributed by atoms with van der Waals surface area (Å²) >= 11 is 0. The first-order valence-electron chi connectivity index (χ1n) is 6.15. The zero-order valence-corrected chi connectivity index (χ0v) is 10.8. The molecule has 1 atom stereocenters. The summed E-state index contributed by atoms with van der Waals surface area (Å²) in [6.45, 7) is 2.88. The second-order valence-corrected chi connectivity index (χ2v) is 4.47. The van der Waals surface area contributed by atoms with Gasteiger partial charge in [0.05, 0.1) is 11.3 Å². The lowest BCUT2D eigenvalue weighted by Gasteiger charge is -2.14. The lowest BCUT2D eigenvalue weighted by molar-refractivity contribution is 0.802. The smallest absolute Gasteiger partial charge is 0.149 e. The average molecular weight is 252 g/mol. The Balaban J connectivity index is 2.01. The summed E-state index contributed by atoms with van der Waals surface area (Å²) in [6, 6.07) is 13.9. The SMILES string of the molecule is CC(CNc1ncc(C#N)cc1N)c1ccccc1. The van der Waals surface area contributed by atoms with Crippen LogP contribution in [0, 0.1) is 11.3 Å². The van der Waals surface area contributed by atoms with E-state index in [1.54, 1.807) is 6.07 Å². The number of nitriles is 1. The van der Waals surface area contributed by atoms with Gasteiger partial charge in [0.25, 0.3) is 0 Å². The molecule has 3 N–H and O–H groups in total. The van der Waals surface area contributed by atoms with Crippen molar-refractivity contribution in [3.05, 3.63) is 53.7 Å². The molecule has 0 radical (unpaired) electrons. The van der Waals surface area contributed by atoms with Crippen LogP contribution in [0.2, 0.25) is 0 Å². The average Bonchev–Trinajstić information content (AvgIpc) is 2.46. The molecule has 0 aliphatic carbocycles. The first-order chi connectivity index (χ1) is 9.20. The third-order valence-corrected chi connectivity index (χ3v) is 2.99. The lowest BCUT2D eigenvalue weighted by Crippen LogP contribution is -2.12. The van der Waals surface area contributed by atoms with E-state index >= 15 is 0 Å². The quantitative estimate of drug-likeness (QED) is 0.877. The molecule has 0 fully saturated rings. The van der Waals surface area contributed by atoms with E-state index in [4.69, 9.17) is 11.0 Å². The van der Waals surface area contributed by atoms with Gasteiger partial charge in [-0.2, -0.15) is 5.26 Å². The molecule has 1 heterocycles. The third kappa shape index (κ3) is 3.23. The number of nitrogen functional groups attached to an aromatic ring is 1. The monoisotopic (exact) mass is 252 g/mol. The van der Waals surface area contributed by atoms with Crippen LogP contribution in [0.4, 0.5) is 11.5 Å². The van der Waals surface area contributed by atoms with Crippen LogP contribution >= 0.6 is 0 Å². The van der Waals surface area contributed by atoms with Crippen LogP contribution in [0.1, 0.15) is 24.0 Å². The standard InChI is InChI=1S/C15H16N4/c1-11(13-5-3-2-4-6-13)9-18-15-14(17)7-12(8-16)10-19-15/h2-7,10-11H,9,17H2,1H3,(H,18,19). The van der Waals surface area contributed by atoms with Crippen LogP contribution in [0.5, 0.6) is 0 Å². The highest BCUT2D eigenvalue weighted by Crippen LogP contribution is 2.19. The van der Waals surface area contributed by atoms with Gasteiger partial charge in [0.2, 0.25) is 0 Å². The highest BCUT2D eigenvalue weighted by molar-refractivity contribution is 5.63. The van der Waals surface area contributed by atoms with Crippen LogP contribution < -0.4 is 11.1 Å². The molecule has 1 unspecified atom stereocenters. The molecule has 0 aliphatic heterocycles. The van der Waals surface area contributed by atoms with Gasteiger partial charge < -0.3 is 11.1 Å². The molecule has 4 nitrogen and oxygen atoms in total. The van der Waals surface area contributed by atoms with Gasteiger partial charge in [-0.1, -0.05) is 37.3 Å². The number of rotatable bonds is 4. The molecule has 1 aromatic carbocycles. The third-order valence-electron chi connectivity index (χ3n) is 2.99. The zero-order valence-electron chi connectivity index (χ0n) is 10.8. The summed E-state index contributed by atoms with van der Waals surface area (Å²) in [4.78, 5) is 4.16. The second kappa shape index (κ2) is 5.87. The van der Waals surface area contributed by atoms with Gasteiger partial charge in [0.15, 0.2) is 0 Å². The summed E-state index contributed by atoms with van der Waals surface area (Å²) in [7, 11) is 0. The maximum atomic E-state index is 8.75. The van der Waals surface area contributed by atoms with Crippen LogP contribution in [0.15, 0.2) is 42.6 Å². The second-order valence-electron chi connectivity index (χ2n) is 4.47. The van der Waals surface area contributed by atoms with E-state index in [-0.39, 0.29) is 0 Å². The van der Waals surface area contributed by atoms with Crippen molar-refractivity contribution in [3.63, 3.8) is 0 Å². The molecule has 2 rings (SSSR count). The van der Waals surface area contributed by atoms with Crippen molar-refractivity contribution in [2.75, 3.05) is 17.6 Å². The zero-order chi connectivity index (χ0) is 13.7. The number of benzene rings is 1. The van der Waals surface area contributed by atoms with Gasteiger partial charge >= 0.3 is 0 Å². The van der Waals surface area contributed by atoms with E-state index < -0.39 is 0 Å². The molecule has 0 saturated carbocycles. The van der Waals surface area contributed by atoms with Crippen molar-refractivity contribution in [2.24, 2.45) is 0 Å². The molecule has 4 heteroatoms.